The van der Waals surface area contributed by atoms with E-state index in [0.717, 1.165) is 9.86 Å². The first-order chi connectivity index (χ1) is 10.2. The minimum Gasteiger partial charge on any atom is -0.497 e. The van der Waals surface area contributed by atoms with Gasteiger partial charge in [0, 0.05) is 15.9 Å². The molecule has 0 aliphatic heterocycles. The molecule has 0 saturated carbocycles. The van der Waals surface area contributed by atoms with Crippen molar-refractivity contribution in [3.8, 4) is 17.2 Å². The molecule has 0 radical (unpaired) electrons. The standard InChI is InChI=1S/C16H11BrO4/c1-19-12-3-2-4-13(9-12)20-15-8-10-7-11(17)5-6-14(10)21-16(15)18/h2-9H,1H3. The van der Waals surface area contributed by atoms with Crippen molar-refractivity contribution in [1.29, 1.82) is 0 Å². The van der Waals surface area contributed by atoms with Gasteiger partial charge in [-0.1, -0.05) is 22.0 Å². The van der Waals surface area contributed by atoms with Crippen LogP contribution in [0.4, 0.5) is 0 Å². The van der Waals surface area contributed by atoms with Gasteiger partial charge in [0.05, 0.1) is 7.11 Å². The van der Waals surface area contributed by atoms with Crippen molar-refractivity contribution >= 4 is 26.9 Å². The van der Waals surface area contributed by atoms with Crippen LogP contribution in [0.5, 0.6) is 17.2 Å². The Hall–Kier alpha value is -2.27. The van der Waals surface area contributed by atoms with Gasteiger partial charge in [0.2, 0.25) is 5.75 Å². The molecule has 0 bridgehead atoms. The Kier molecular flexibility index (Phi) is 3.66. The average Bonchev–Trinajstić information content (AvgIpc) is 2.49. The van der Waals surface area contributed by atoms with E-state index < -0.39 is 5.63 Å². The third-order valence-electron chi connectivity index (χ3n) is 2.93. The first-order valence-corrected chi connectivity index (χ1v) is 7.00. The van der Waals surface area contributed by atoms with E-state index in [1.165, 1.54) is 0 Å². The maximum absolute atomic E-state index is 11.9. The summed E-state index contributed by atoms with van der Waals surface area (Å²) in [6, 6.07) is 14.1. The molecule has 0 unspecified atom stereocenters. The lowest BCUT2D eigenvalue weighted by Gasteiger charge is -2.07. The first-order valence-electron chi connectivity index (χ1n) is 6.21. The summed E-state index contributed by atoms with van der Waals surface area (Å²) in [5.41, 5.74) is -0.00571. The number of rotatable bonds is 3. The van der Waals surface area contributed by atoms with Crippen LogP contribution < -0.4 is 15.1 Å². The monoisotopic (exact) mass is 346 g/mol. The number of methoxy groups -OCH3 is 1. The molecule has 0 fully saturated rings. The topological polar surface area (TPSA) is 48.7 Å². The zero-order valence-electron chi connectivity index (χ0n) is 11.1. The molecule has 21 heavy (non-hydrogen) atoms. The molecule has 3 aromatic rings. The second-order valence-electron chi connectivity index (χ2n) is 4.36. The summed E-state index contributed by atoms with van der Waals surface area (Å²) >= 11 is 3.38. The Balaban J connectivity index is 2.03. The zero-order valence-corrected chi connectivity index (χ0v) is 12.7. The summed E-state index contributed by atoms with van der Waals surface area (Å²) in [5.74, 6) is 1.30. The number of ether oxygens (including phenoxy) is 2. The summed E-state index contributed by atoms with van der Waals surface area (Å²) in [5, 5.41) is 0.780. The molecule has 4 nitrogen and oxygen atoms in total. The maximum Gasteiger partial charge on any atom is 0.379 e. The number of hydrogen-bond acceptors (Lipinski definition) is 4. The van der Waals surface area contributed by atoms with E-state index in [-0.39, 0.29) is 5.75 Å². The molecule has 0 aliphatic rings. The van der Waals surface area contributed by atoms with Crippen molar-refractivity contribution in [3.05, 3.63) is 63.4 Å². The smallest absolute Gasteiger partial charge is 0.379 e. The van der Waals surface area contributed by atoms with Crippen LogP contribution in [-0.4, -0.2) is 7.11 Å². The summed E-state index contributed by atoms with van der Waals surface area (Å²) in [6.45, 7) is 0. The summed E-state index contributed by atoms with van der Waals surface area (Å²) in [4.78, 5) is 11.9. The molecule has 0 spiro atoms. The summed E-state index contributed by atoms with van der Waals surface area (Å²) < 4.78 is 16.9. The molecule has 2 aromatic carbocycles. The molecular weight excluding hydrogens is 336 g/mol. The Morgan fingerprint density at radius 2 is 1.86 bits per heavy atom. The molecule has 0 N–H and O–H groups in total. The zero-order chi connectivity index (χ0) is 14.8. The van der Waals surface area contributed by atoms with Gasteiger partial charge >= 0.3 is 5.63 Å². The number of benzene rings is 2. The van der Waals surface area contributed by atoms with E-state index in [2.05, 4.69) is 15.9 Å². The van der Waals surface area contributed by atoms with Crippen LogP contribution in [0, 0.1) is 0 Å². The Bertz CT molecular complexity index is 854. The minimum atomic E-state index is -0.521. The van der Waals surface area contributed by atoms with E-state index in [0.29, 0.717) is 17.1 Å². The van der Waals surface area contributed by atoms with E-state index >= 15 is 0 Å². The molecule has 0 aliphatic carbocycles. The van der Waals surface area contributed by atoms with Gasteiger partial charge in [-0.2, -0.15) is 0 Å². The second kappa shape index (κ2) is 5.61. The molecular formula is C16H11BrO4. The molecule has 3 rings (SSSR count). The van der Waals surface area contributed by atoms with Gasteiger partial charge in [-0.15, -0.1) is 0 Å². The van der Waals surface area contributed by atoms with Gasteiger partial charge in [0.25, 0.3) is 0 Å². The quantitative estimate of drug-likeness (QED) is 0.661. The van der Waals surface area contributed by atoms with Gasteiger partial charge in [0.15, 0.2) is 0 Å². The van der Waals surface area contributed by atoms with E-state index in [4.69, 9.17) is 13.9 Å². The first kappa shape index (κ1) is 13.7. The lowest BCUT2D eigenvalue weighted by molar-refractivity contribution is 0.405. The van der Waals surface area contributed by atoms with Crippen LogP contribution in [-0.2, 0) is 0 Å². The van der Waals surface area contributed by atoms with Crippen molar-refractivity contribution < 1.29 is 13.9 Å². The van der Waals surface area contributed by atoms with Crippen LogP contribution in [0.25, 0.3) is 11.0 Å². The Morgan fingerprint density at radius 3 is 2.67 bits per heavy atom. The van der Waals surface area contributed by atoms with Gasteiger partial charge in [-0.05, 0) is 36.4 Å². The highest BCUT2D eigenvalue weighted by Crippen LogP contribution is 2.26. The highest BCUT2D eigenvalue weighted by atomic mass is 79.9. The highest BCUT2D eigenvalue weighted by molar-refractivity contribution is 9.10. The van der Waals surface area contributed by atoms with Crippen LogP contribution in [0.3, 0.4) is 0 Å². The third kappa shape index (κ3) is 2.92. The Morgan fingerprint density at radius 1 is 1.05 bits per heavy atom. The number of fused-ring (bicyclic) bond motifs is 1. The molecule has 0 atom stereocenters. The van der Waals surface area contributed by atoms with Crippen LogP contribution in [0.15, 0.2) is 62.2 Å². The molecule has 5 heteroatoms. The van der Waals surface area contributed by atoms with E-state index in [1.54, 1.807) is 43.5 Å². The predicted octanol–water partition coefficient (Wildman–Crippen LogP) is 4.36. The van der Waals surface area contributed by atoms with Crippen molar-refractivity contribution in [2.24, 2.45) is 0 Å². The van der Waals surface area contributed by atoms with Crippen molar-refractivity contribution in [1.82, 2.24) is 0 Å². The fraction of sp³-hybridized carbons (Fsp3) is 0.0625. The largest absolute Gasteiger partial charge is 0.497 e. The van der Waals surface area contributed by atoms with Crippen molar-refractivity contribution in [2.45, 2.75) is 0 Å². The van der Waals surface area contributed by atoms with Crippen molar-refractivity contribution in [3.63, 3.8) is 0 Å². The highest BCUT2D eigenvalue weighted by Gasteiger charge is 2.08. The van der Waals surface area contributed by atoms with Crippen LogP contribution >= 0.6 is 15.9 Å². The summed E-state index contributed by atoms with van der Waals surface area (Å²) in [6.07, 6.45) is 0. The fourth-order valence-electron chi connectivity index (χ4n) is 1.94. The molecule has 1 aromatic heterocycles. The van der Waals surface area contributed by atoms with Gasteiger partial charge in [-0.25, -0.2) is 4.79 Å². The Labute approximate surface area is 129 Å². The normalized spacial score (nSPS) is 10.6. The lowest BCUT2D eigenvalue weighted by atomic mass is 10.2. The maximum atomic E-state index is 11.9. The summed E-state index contributed by atoms with van der Waals surface area (Å²) in [7, 11) is 1.57. The molecule has 0 amide bonds. The third-order valence-corrected chi connectivity index (χ3v) is 3.42. The molecule has 1 heterocycles. The fourth-order valence-corrected chi connectivity index (χ4v) is 2.32. The SMILES string of the molecule is COc1cccc(Oc2cc3cc(Br)ccc3oc2=O)c1. The molecule has 0 saturated heterocycles. The van der Waals surface area contributed by atoms with Crippen LogP contribution in [0.2, 0.25) is 0 Å². The minimum absolute atomic E-state index is 0.133. The molecule has 106 valence electrons. The van der Waals surface area contributed by atoms with Crippen molar-refractivity contribution in [2.75, 3.05) is 7.11 Å². The second-order valence-corrected chi connectivity index (χ2v) is 5.28. The van der Waals surface area contributed by atoms with E-state index in [1.807, 2.05) is 12.1 Å². The lowest BCUT2D eigenvalue weighted by Crippen LogP contribution is -2.03. The van der Waals surface area contributed by atoms with Gasteiger partial charge < -0.3 is 13.9 Å². The van der Waals surface area contributed by atoms with Crippen LogP contribution in [0.1, 0.15) is 0 Å². The number of hydrogen-bond donors (Lipinski definition) is 0. The van der Waals surface area contributed by atoms with Gasteiger partial charge in [0.1, 0.15) is 17.1 Å². The van der Waals surface area contributed by atoms with Gasteiger partial charge in [-0.3, -0.25) is 0 Å². The average molecular weight is 347 g/mol. The number of halogens is 1. The predicted molar refractivity (Wildman–Crippen MR) is 83.3 cm³/mol. The van der Waals surface area contributed by atoms with E-state index in [9.17, 15) is 4.79 Å².